The van der Waals surface area contributed by atoms with Gasteiger partial charge >= 0.3 is 12.1 Å². The van der Waals surface area contributed by atoms with E-state index in [0.717, 1.165) is 9.58 Å². The number of amides is 2. The molecule has 10 nitrogen and oxygen atoms in total. The van der Waals surface area contributed by atoms with Crippen molar-refractivity contribution in [2.45, 2.75) is 13.1 Å². The molecule has 0 aliphatic carbocycles. The van der Waals surface area contributed by atoms with Gasteiger partial charge in [-0.1, -0.05) is 5.21 Å². The molecule has 0 saturated carbocycles. The second-order valence-electron chi connectivity index (χ2n) is 3.71. The van der Waals surface area contributed by atoms with Gasteiger partial charge in [0.05, 0.1) is 12.2 Å². The summed E-state index contributed by atoms with van der Waals surface area (Å²) in [5, 5.41) is 15.8. The van der Waals surface area contributed by atoms with Crippen LogP contribution < -0.4 is 5.73 Å². The number of aromatic carboxylic acids is 1. The minimum Gasteiger partial charge on any atom is -0.476 e. The Bertz CT molecular complexity index is 539. The predicted octanol–water partition coefficient (Wildman–Crippen LogP) is -1.59. The Morgan fingerprint density at radius 2 is 2.21 bits per heavy atom. The van der Waals surface area contributed by atoms with Crippen molar-refractivity contribution in [2.75, 3.05) is 13.2 Å². The predicted molar refractivity (Wildman–Crippen MR) is 57.9 cm³/mol. The average Bonchev–Trinajstić information content (AvgIpc) is 2.94. The van der Waals surface area contributed by atoms with Gasteiger partial charge in [0.25, 0.3) is 5.91 Å². The SMILES string of the molecule is NCc1c(C(=O)O)nnn1CC(=O)N1CCOC1=O. The molecule has 0 radical (unpaired) electrons. The number of carbonyl (C=O) groups is 3. The van der Waals surface area contributed by atoms with Gasteiger partial charge in [-0.25, -0.2) is 19.2 Å². The Hall–Kier alpha value is -2.49. The van der Waals surface area contributed by atoms with Gasteiger partial charge in [0.15, 0.2) is 5.69 Å². The van der Waals surface area contributed by atoms with Crippen LogP contribution in [0.3, 0.4) is 0 Å². The van der Waals surface area contributed by atoms with Gasteiger partial charge in [-0.2, -0.15) is 0 Å². The van der Waals surface area contributed by atoms with Crippen LogP contribution in [0.2, 0.25) is 0 Å². The first-order valence-corrected chi connectivity index (χ1v) is 5.37. The Morgan fingerprint density at radius 1 is 1.47 bits per heavy atom. The molecule has 0 bridgehead atoms. The van der Waals surface area contributed by atoms with E-state index < -0.39 is 18.0 Å². The van der Waals surface area contributed by atoms with Gasteiger partial charge in [-0.3, -0.25) is 4.79 Å². The summed E-state index contributed by atoms with van der Waals surface area (Å²) < 4.78 is 5.69. The quantitative estimate of drug-likeness (QED) is 0.666. The number of carboxylic acid groups (broad SMARTS) is 1. The van der Waals surface area contributed by atoms with E-state index in [1.54, 1.807) is 0 Å². The molecule has 1 saturated heterocycles. The third kappa shape index (κ3) is 2.38. The molecule has 2 amide bonds. The van der Waals surface area contributed by atoms with E-state index >= 15 is 0 Å². The highest BCUT2D eigenvalue weighted by Crippen LogP contribution is 2.08. The zero-order chi connectivity index (χ0) is 14.0. The van der Waals surface area contributed by atoms with E-state index in [1.807, 2.05) is 0 Å². The van der Waals surface area contributed by atoms with E-state index in [4.69, 9.17) is 10.8 Å². The lowest BCUT2D eigenvalue weighted by Crippen LogP contribution is -2.35. The highest BCUT2D eigenvalue weighted by Gasteiger charge is 2.29. The topological polar surface area (TPSA) is 141 Å². The summed E-state index contributed by atoms with van der Waals surface area (Å²) in [6, 6.07) is 0. The molecule has 0 aromatic carbocycles. The van der Waals surface area contributed by atoms with Crippen LogP contribution in [0.4, 0.5) is 4.79 Å². The van der Waals surface area contributed by atoms with Crippen LogP contribution in [0, 0.1) is 0 Å². The molecular weight excluding hydrogens is 258 g/mol. The fourth-order valence-electron chi connectivity index (χ4n) is 1.66. The van der Waals surface area contributed by atoms with Crippen molar-refractivity contribution >= 4 is 18.0 Å². The van der Waals surface area contributed by atoms with E-state index in [1.165, 1.54) is 0 Å². The molecule has 1 aliphatic rings. The van der Waals surface area contributed by atoms with Crippen LogP contribution in [0.25, 0.3) is 0 Å². The molecule has 102 valence electrons. The van der Waals surface area contributed by atoms with E-state index in [0.29, 0.717) is 0 Å². The van der Waals surface area contributed by atoms with Crippen molar-refractivity contribution < 1.29 is 24.2 Å². The van der Waals surface area contributed by atoms with Gasteiger partial charge in [-0.05, 0) is 0 Å². The van der Waals surface area contributed by atoms with Gasteiger partial charge in [0.1, 0.15) is 13.2 Å². The maximum Gasteiger partial charge on any atom is 0.416 e. The smallest absolute Gasteiger partial charge is 0.416 e. The number of imide groups is 1. The number of aromatic nitrogens is 3. The fourth-order valence-corrected chi connectivity index (χ4v) is 1.66. The summed E-state index contributed by atoms with van der Waals surface area (Å²) in [5.41, 5.74) is 5.22. The number of hydrogen-bond donors (Lipinski definition) is 2. The minimum atomic E-state index is -1.28. The zero-order valence-corrected chi connectivity index (χ0v) is 9.77. The molecule has 3 N–H and O–H groups in total. The summed E-state index contributed by atoms with van der Waals surface area (Å²) in [5.74, 6) is -1.83. The molecule has 1 aromatic rings. The number of cyclic esters (lactones) is 1. The first-order chi connectivity index (χ1) is 9.04. The molecule has 1 aromatic heterocycles. The molecule has 2 rings (SSSR count). The third-order valence-corrected chi connectivity index (χ3v) is 2.58. The van der Waals surface area contributed by atoms with Crippen molar-refractivity contribution in [1.29, 1.82) is 0 Å². The largest absolute Gasteiger partial charge is 0.476 e. The molecule has 2 heterocycles. The number of carboxylic acids is 1. The summed E-state index contributed by atoms with van der Waals surface area (Å²) in [4.78, 5) is 34.8. The van der Waals surface area contributed by atoms with E-state index in [-0.39, 0.29) is 37.6 Å². The molecule has 1 aliphatic heterocycles. The fraction of sp³-hybridized carbons (Fsp3) is 0.444. The van der Waals surface area contributed by atoms with Gasteiger partial charge in [0.2, 0.25) is 0 Å². The van der Waals surface area contributed by atoms with Crippen molar-refractivity contribution in [3.63, 3.8) is 0 Å². The van der Waals surface area contributed by atoms with Gasteiger partial charge in [0, 0.05) is 6.54 Å². The molecule has 19 heavy (non-hydrogen) atoms. The summed E-state index contributed by atoms with van der Waals surface area (Å²) in [7, 11) is 0. The van der Waals surface area contributed by atoms with Crippen LogP contribution in [0.15, 0.2) is 0 Å². The molecule has 0 unspecified atom stereocenters. The van der Waals surface area contributed by atoms with Crippen molar-refractivity contribution in [2.24, 2.45) is 5.73 Å². The standard InChI is InChI=1S/C9H11N5O5/c10-3-5-7(8(16)17)11-12-14(5)4-6(15)13-1-2-19-9(13)18/h1-4,10H2,(H,16,17). The number of carbonyl (C=O) groups excluding carboxylic acids is 2. The van der Waals surface area contributed by atoms with Crippen molar-refractivity contribution in [1.82, 2.24) is 19.9 Å². The first-order valence-electron chi connectivity index (χ1n) is 5.37. The number of rotatable bonds is 4. The maximum absolute atomic E-state index is 11.8. The maximum atomic E-state index is 11.8. The Kier molecular flexibility index (Phi) is 3.42. The molecule has 0 atom stereocenters. The lowest BCUT2D eigenvalue weighted by Gasteiger charge is -2.11. The van der Waals surface area contributed by atoms with E-state index in [9.17, 15) is 14.4 Å². The third-order valence-electron chi connectivity index (χ3n) is 2.58. The number of ether oxygens (including phenoxy) is 1. The lowest BCUT2D eigenvalue weighted by molar-refractivity contribution is -0.128. The summed E-state index contributed by atoms with van der Waals surface area (Å²) >= 11 is 0. The molecule has 1 fully saturated rings. The monoisotopic (exact) mass is 269 g/mol. The molecule has 10 heteroatoms. The van der Waals surface area contributed by atoms with Crippen LogP contribution in [0.1, 0.15) is 16.2 Å². The second-order valence-corrected chi connectivity index (χ2v) is 3.71. The van der Waals surface area contributed by atoms with Crippen molar-refractivity contribution in [3.8, 4) is 0 Å². The number of nitrogens with zero attached hydrogens (tertiary/aromatic N) is 4. The van der Waals surface area contributed by atoms with Gasteiger partial charge in [-0.15, -0.1) is 5.10 Å². The van der Waals surface area contributed by atoms with Crippen LogP contribution in [-0.2, 0) is 22.6 Å². The Labute approximate surface area is 106 Å². The Balaban J connectivity index is 2.17. The highest BCUT2D eigenvalue weighted by atomic mass is 16.6. The van der Waals surface area contributed by atoms with Crippen LogP contribution >= 0.6 is 0 Å². The number of hydrogen-bond acceptors (Lipinski definition) is 7. The second kappa shape index (κ2) is 5.02. The normalized spacial score (nSPS) is 14.6. The first kappa shape index (κ1) is 13.0. The zero-order valence-electron chi connectivity index (χ0n) is 9.77. The lowest BCUT2D eigenvalue weighted by atomic mass is 10.3. The van der Waals surface area contributed by atoms with E-state index in [2.05, 4.69) is 15.0 Å². The summed E-state index contributed by atoms with van der Waals surface area (Å²) in [6.07, 6.45) is -0.724. The summed E-state index contributed by atoms with van der Waals surface area (Å²) in [6.45, 7) is -0.142. The minimum absolute atomic E-state index is 0.119. The average molecular weight is 269 g/mol. The molecular formula is C9H11N5O5. The Morgan fingerprint density at radius 3 is 2.74 bits per heavy atom. The number of nitrogens with two attached hydrogens (primary N) is 1. The molecule has 0 spiro atoms. The van der Waals surface area contributed by atoms with Crippen LogP contribution in [0.5, 0.6) is 0 Å². The van der Waals surface area contributed by atoms with Gasteiger partial charge < -0.3 is 15.6 Å². The highest BCUT2D eigenvalue weighted by molar-refractivity contribution is 5.93. The van der Waals surface area contributed by atoms with Crippen LogP contribution in [-0.4, -0.2) is 56.1 Å². The van der Waals surface area contributed by atoms with Crippen molar-refractivity contribution in [3.05, 3.63) is 11.4 Å².